The molecule has 6 heteroatoms. The molecule has 1 aromatic rings. The third-order valence-electron chi connectivity index (χ3n) is 3.17. The number of carbonyl (C=O) groups is 1. The van der Waals surface area contributed by atoms with E-state index in [0.717, 1.165) is 25.7 Å². The third kappa shape index (κ3) is 5.46. The molecule has 0 aliphatic carbocycles. The van der Waals surface area contributed by atoms with Crippen molar-refractivity contribution in [2.45, 2.75) is 52.1 Å². The summed E-state index contributed by atoms with van der Waals surface area (Å²) >= 11 is 3.10. The van der Waals surface area contributed by atoms with Crippen LogP contribution in [0.5, 0.6) is 0 Å². The third-order valence-corrected chi connectivity index (χ3v) is 4.00. The van der Waals surface area contributed by atoms with Gasteiger partial charge in [0.25, 0.3) is 5.69 Å². The molecule has 0 bridgehead atoms. The zero-order valence-electron chi connectivity index (χ0n) is 12.3. The van der Waals surface area contributed by atoms with Gasteiger partial charge in [0.2, 0.25) is 0 Å². The molecule has 0 aromatic heterocycles. The Morgan fingerprint density at radius 1 is 1.38 bits per heavy atom. The average molecular weight is 358 g/mol. The zero-order chi connectivity index (χ0) is 15.8. The monoisotopic (exact) mass is 357 g/mol. The quantitative estimate of drug-likeness (QED) is 0.288. The summed E-state index contributed by atoms with van der Waals surface area (Å²) in [7, 11) is 0. The van der Waals surface area contributed by atoms with Gasteiger partial charge < -0.3 is 4.74 Å². The van der Waals surface area contributed by atoms with E-state index in [1.807, 2.05) is 6.92 Å². The number of carbonyl (C=O) groups excluding carboxylic acids is 1. The van der Waals surface area contributed by atoms with Crippen LogP contribution in [0.4, 0.5) is 5.69 Å². The number of esters is 1. The Morgan fingerprint density at radius 2 is 2.10 bits per heavy atom. The van der Waals surface area contributed by atoms with Crippen molar-refractivity contribution in [1.29, 1.82) is 0 Å². The molecular weight excluding hydrogens is 338 g/mol. The highest BCUT2D eigenvalue weighted by Crippen LogP contribution is 2.29. The molecule has 0 aliphatic rings. The maximum absolute atomic E-state index is 12.1. The predicted molar refractivity (Wildman–Crippen MR) is 84.4 cm³/mol. The maximum atomic E-state index is 12.1. The Balaban J connectivity index is 2.63. The molecule has 1 rings (SSSR count). The van der Waals surface area contributed by atoms with Gasteiger partial charge in [-0.1, -0.05) is 32.3 Å². The average Bonchev–Trinajstić information content (AvgIpc) is 2.43. The summed E-state index contributed by atoms with van der Waals surface area (Å²) < 4.78 is 5.51. The Morgan fingerprint density at radius 3 is 2.71 bits per heavy atom. The number of nitrogens with zero attached hydrogens (tertiary/aromatic N) is 1. The number of unbranched alkanes of at least 4 members (excludes halogenated alkanes) is 3. The Bertz CT molecular complexity index is 504. The number of nitro benzene ring substituents is 1. The van der Waals surface area contributed by atoms with Crippen LogP contribution in [-0.4, -0.2) is 17.0 Å². The SMILES string of the molecule is CCCCCCC(C)OC(=O)c1cccc([N+](=O)[O-])c1Br. The normalized spacial score (nSPS) is 12.0. The van der Waals surface area contributed by atoms with E-state index in [4.69, 9.17) is 4.74 Å². The summed E-state index contributed by atoms with van der Waals surface area (Å²) in [5.74, 6) is -0.534. The van der Waals surface area contributed by atoms with E-state index in [1.165, 1.54) is 24.6 Å². The molecule has 21 heavy (non-hydrogen) atoms. The van der Waals surface area contributed by atoms with Gasteiger partial charge in [-0.2, -0.15) is 0 Å². The number of rotatable bonds is 8. The molecule has 0 spiro atoms. The lowest BCUT2D eigenvalue weighted by Gasteiger charge is -2.13. The van der Waals surface area contributed by atoms with Crippen LogP contribution in [0, 0.1) is 10.1 Å². The van der Waals surface area contributed by atoms with E-state index in [-0.39, 0.29) is 21.8 Å². The van der Waals surface area contributed by atoms with Crippen molar-refractivity contribution in [3.05, 3.63) is 38.3 Å². The van der Waals surface area contributed by atoms with Gasteiger partial charge >= 0.3 is 5.97 Å². The fourth-order valence-electron chi connectivity index (χ4n) is 1.98. The molecule has 0 radical (unpaired) electrons. The highest BCUT2D eigenvalue weighted by molar-refractivity contribution is 9.10. The lowest BCUT2D eigenvalue weighted by atomic mass is 10.1. The molecular formula is C15H20BrNO4. The smallest absolute Gasteiger partial charge is 0.339 e. The first kappa shape index (κ1) is 17.6. The summed E-state index contributed by atoms with van der Waals surface area (Å²) in [6, 6.07) is 4.34. The standard InChI is InChI=1S/C15H20BrNO4/c1-3-4-5-6-8-11(2)21-15(18)12-9-7-10-13(14(12)16)17(19)20/h7,9-11H,3-6,8H2,1-2H3. The Hall–Kier alpha value is -1.43. The molecule has 0 amide bonds. The van der Waals surface area contributed by atoms with Crippen molar-refractivity contribution in [2.75, 3.05) is 0 Å². The minimum absolute atomic E-state index is 0.139. The van der Waals surface area contributed by atoms with Gasteiger partial charge in [-0.3, -0.25) is 10.1 Å². The van der Waals surface area contributed by atoms with Crippen molar-refractivity contribution in [2.24, 2.45) is 0 Å². The van der Waals surface area contributed by atoms with E-state index in [2.05, 4.69) is 22.9 Å². The van der Waals surface area contributed by atoms with E-state index in [0.29, 0.717) is 0 Å². The van der Waals surface area contributed by atoms with Crippen LogP contribution < -0.4 is 0 Å². The predicted octanol–water partition coefficient (Wildman–Crippen LogP) is 4.87. The van der Waals surface area contributed by atoms with E-state index < -0.39 is 10.9 Å². The van der Waals surface area contributed by atoms with Crippen LogP contribution in [0.3, 0.4) is 0 Å². The summed E-state index contributed by atoms with van der Waals surface area (Å²) in [5.41, 5.74) is 0.0460. The highest BCUT2D eigenvalue weighted by atomic mass is 79.9. The number of hydrogen-bond acceptors (Lipinski definition) is 4. The first-order chi connectivity index (χ1) is 9.97. The van der Waals surface area contributed by atoms with Crippen LogP contribution in [-0.2, 0) is 4.74 Å². The van der Waals surface area contributed by atoms with Gasteiger partial charge in [-0.05, 0) is 41.8 Å². The van der Waals surface area contributed by atoms with E-state index in [9.17, 15) is 14.9 Å². The first-order valence-electron chi connectivity index (χ1n) is 7.11. The molecule has 1 atom stereocenters. The van der Waals surface area contributed by atoms with Gasteiger partial charge in [0.1, 0.15) is 4.47 Å². The van der Waals surface area contributed by atoms with E-state index in [1.54, 1.807) is 0 Å². The second kappa shape index (κ2) is 8.77. The van der Waals surface area contributed by atoms with Gasteiger partial charge in [0.15, 0.2) is 0 Å². The summed E-state index contributed by atoms with van der Waals surface area (Å²) in [4.78, 5) is 22.4. The minimum atomic E-state index is -0.534. The molecule has 0 N–H and O–H groups in total. The van der Waals surface area contributed by atoms with Crippen molar-refractivity contribution < 1.29 is 14.5 Å². The van der Waals surface area contributed by atoms with Crippen LogP contribution in [0.2, 0.25) is 0 Å². The van der Waals surface area contributed by atoms with Crippen LogP contribution in [0.25, 0.3) is 0 Å². The Labute approximate surface area is 133 Å². The lowest BCUT2D eigenvalue weighted by Crippen LogP contribution is -2.15. The number of ether oxygens (including phenoxy) is 1. The number of hydrogen-bond donors (Lipinski definition) is 0. The molecule has 0 saturated heterocycles. The van der Waals surface area contributed by atoms with Crippen LogP contribution in [0.15, 0.2) is 22.7 Å². The van der Waals surface area contributed by atoms with Crippen LogP contribution in [0.1, 0.15) is 56.3 Å². The molecule has 1 aromatic carbocycles. The maximum Gasteiger partial charge on any atom is 0.339 e. The largest absolute Gasteiger partial charge is 0.459 e. The summed E-state index contributed by atoms with van der Waals surface area (Å²) in [5, 5.41) is 10.8. The first-order valence-corrected chi connectivity index (χ1v) is 7.90. The lowest BCUT2D eigenvalue weighted by molar-refractivity contribution is -0.385. The number of nitro groups is 1. The fourth-order valence-corrected chi connectivity index (χ4v) is 2.55. The number of halogens is 1. The van der Waals surface area contributed by atoms with Crippen molar-refractivity contribution >= 4 is 27.6 Å². The number of benzene rings is 1. The summed E-state index contributed by atoms with van der Waals surface area (Å²) in [6.45, 7) is 3.98. The highest BCUT2D eigenvalue weighted by Gasteiger charge is 2.21. The second-order valence-corrected chi connectivity index (χ2v) is 5.75. The molecule has 5 nitrogen and oxygen atoms in total. The molecule has 0 aliphatic heterocycles. The molecule has 0 heterocycles. The van der Waals surface area contributed by atoms with Crippen molar-refractivity contribution in [1.82, 2.24) is 0 Å². The van der Waals surface area contributed by atoms with Gasteiger partial charge in [-0.15, -0.1) is 0 Å². The molecule has 1 unspecified atom stereocenters. The fraction of sp³-hybridized carbons (Fsp3) is 0.533. The van der Waals surface area contributed by atoms with Crippen molar-refractivity contribution in [3.63, 3.8) is 0 Å². The topological polar surface area (TPSA) is 69.4 Å². The second-order valence-electron chi connectivity index (χ2n) is 4.96. The van der Waals surface area contributed by atoms with Gasteiger partial charge in [-0.25, -0.2) is 4.79 Å². The minimum Gasteiger partial charge on any atom is -0.459 e. The van der Waals surface area contributed by atoms with Gasteiger partial charge in [0.05, 0.1) is 16.6 Å². The molecule has 116 valence electrons. The molecule has 0 saturated carbocycles. The van der Waals surface area contributed by atoms with Crippen molar-refractivity contribution in [3.8, 4) is 0 Å². The molecule has 0 fully saturated rings. The Kier molecular flexibility index (Phi) is 7.36. The van der Waals surface area contributed by atoms with Gasteiger partial charge in [0, 0.05) is 6.07 Å². The van der Waals surface area contributed by atoms with E-state index >= 15 is 0 Å². The summed E-state index contributed by atoms with van der Waals surface area (Å²) in [6.07, 6.45) is 5.09. The van der Waals surface area contributed by atoms with Crippen LogP contribution >= 0.6 is 15.9 Å². The zero-order valence-corrected chi connectivity index (χ0v) is 13.9.